The van der Waals surface area contributed by atoms with E-state index in [1.54, 1.807) is 11.3 Å². The lowest BCUT2D eigenvalue weighted by Crippen LogP contribution is -2.47. The van der Waals surface area contributed by atoms with Crippen molar-refractivity contribution in [3.8, 4) is 11.1 Å². The van der Waals surface area contributed by atoms with Gasteiger partial charge in [-0.05, 0) is 65.8 Å². The van der Waals surface area contributed by atoms with E-state index in [4.69, 9.17) is 0 Å². The summed E-state index contributed by atoms with van der Waals surface area (Å²) in [6, 6.07) is 4.41. The van der Waals surface area contributed by atoms with Crippen LogP contribution in [0.1, 0.15) is 36.6 Å². The topological polar surface area (TPSA) is 45.2 Å². The van der Waals surface area contributed by atoms with Crippen LogP contribution in [0.15, 0.2) is 29.1 Å². The molecule has 2 aliphatic rings. The second-order valence-corrected chi connectivity index (χ2v) is 7.48. The number of halogens is 1. The molecule has 1 spiro atoms. The van der Waals surface area contributed by atoms with Gasteiger partial charge in [-0.3, -0.25) is 15.1 Å². The molecule has 1 N–H and O–H groups in total. The summed E-state index contributed by atoms with van der Waals surface area (Å²) in [4.78, 5) is 18.9. The van der Waals surface area contributed by atoms with E-state index in [2.05, 4.69) is 40.1 Å². The van der Waals surface area contributed by atoms with Crippen LogP contribution in [-0.2, 0) is 4.79 Å². The van der Waals surface area contributed by atoms with Gasteiger partial charge < -0.3 is 4.90 Å². The zero-order valence-corrected chi connectivity index (χ0v) is 15.5. The van der Waals surface area contributed by atoms with E-state index in [0.29, 0.717) is 0 Å². The number of hydrogen-bond donors (Lipinski definition) is 1. The highest BCUT2D eigenvalue weighted by atomic mass is 35.5. The first-order valence-corrected chi connectivity index (χ1v) is 9.06. The largest absolute Gasteiger partial charge is 0.344 e. The van der Waals surface area contributed by atoms with Crippen LogP contribution >= 0.6 is 23.7 Å². The first-order chi connectivity index (χ1) is 11.1. The first-order valence-electron chi connectivity index (χ1n) is 8.11. The van der Waals surface area contributed by atoms with Crippen LogP contribution in [-0.4, -0.2) is 34.9 Å². The summed E-state index contributed by atoms with van der Waals surface area (Å²) < 4.78 is 0. The van der Waals surface area contributed by atoms with E-state index in [1.165, 1.54) is 16.7 Å². The fourth-order valence-corrected chi connectivity index (χ4v) is 4.71. The van der Waals surface area contributed by atoms with Crippen LogP contribution in [0.5, 0.6) is 0 Å². The molecule has 1 amide bonds. The Bertz CT molecular complexity index is 762. The number of likely N-dealkylation sites (tertiary alicyclic amines) is 1. The molecule has 0 radical (unpaired) electrons. The van der Waals surface area contributed by atoms with Crippen molar-refractivity contribution in [2.45, 2.75) is 37.8 Å². The second kappa shape index (κ2) is 6.47. The van der Waals surface area contributed by atoms with Crippen LogP contribution in [0.2, 0.25) is 0 Å². The van der Waals surface area contributed by atoms with Gasteiger partial charge in [-0.25, -0.2) is 0 Å². The lowest BCUT2D eigenvalue weighted by molar-refractivity contribution is -0.131. The minimum atomic E-state index is -0.352. The fraction of sp³-hybridized carbons (Fsp3) is 0.444. The highest BCUT2D eigenvalue weighted by molar-refractivity contribution is 7.08. The summed E-state index contributed by atoms with van der Waals surface area (Å²) in [6.07, 6.45) is 4.67. The van der Waals surface area contributed by atoms with E-state index in [9.17, 15) is 4.79 Å². The van der Waals surface area contributed by atoms with Crippen LogP contribution in [0, 0.1) is 6.92 Å². The predicted octanol–water partition coefficient (Wildman–Crippen LogP) is 3.57. The van der Waals surface area contributed by atoms with Crippen molar-refractivity contribution in [2.75, 3.05) is 13.6 Å². The molecule has 4 rings (SSSR count). The number of aromatic nitrogens is 1. The average Bonchev–Trinajstić information content (AvgIpc) is 3.25. The van der Waals surface area contributed by atoms with Crippen LogP contribution < -0.4 is 5.32 Å². The molecule has 6 heteroatoms. The molecule has 0 aliphatic carbocycles. The number of hydrogen-bond acceptors (Lipinski definition) is 4. The van der Waals surface area contributed by atoms with E-state index >= 15 is 0 Å². The van der Waals surface area contributed by atoms with E-state index in [-0.39, 0.29) is 29.9 Å². The summed E-state index contributed by atoms with van der Waals surface area (Å²) in [7, 11) is 1.89. The maximum Gasteiger partial charge on any atom is 0.242 e. The molecule has 0 saturated carbocycles. The fourth-order valence-electron chi connectivity index (χ4n) is 3.85. The Morgan fingerprint density at radius 2 is 2.21 bits per heavy atom. The van der Waals surface area contributed by atoms with Crippen LogP contribution in [0.4, 0.5) is 0 Å². The minimum Gasteiger partial charge on any atom is -0.344 e. The monoisotopic (exact) mass is 363 g/mol. The number of carbonyl (C=O) groups excluding carboxylic acids is 1. The molecule has 4 heterocycles. The van der Waals surface area contributed by atoms with Gasteiger partial charge in [0, 0.05) is 19.8 Å². The standard InChI is InChI=1S/C18H21N3OS.ClH/c1-12-10-23-11-14(12)13-4-7-19-16(9-13)15-3-5-18(20-15)6-8-21(2)17(18)22;/h4,7,9-11,15,20H,3,5-6,8H2,1-2H3;1H/t15-,18+;/m1./s1. The highest BCUT2D eigenvalue weighted by Gasteiger charge is 2.50. The molecule has 0 unspecified atom stereocenters. The molecule has 2 fully saturated rings. The maximum atomic E-state index is 12.4. The number of rotatable bonds is 2. The Balaban J connectivity index is 0.00000169. The quantitative estimate of drug-likeness (QED) is 0.887. The summed E-state index contributed by atoms with van der Waals surface area (Å²) in [5, 5.41) is 7.96. The number of nitrogens with zero attached hydrogens (tertiary/aromatic N) is 2. The molecule has 0 aromatic carbocycles. The van der Waals surface area contributed by atoms with Gasteiger partial charge in [-0.1, -0.05) is 0 Å². The predicted molar refractivity (Wildman–Crippen MR) is 99.6 cm³/mol. The zero-order chi connectivity index (χ0) is 16.0. The molecule has 4 nitrogen and oxygen atoms in total. The molecule has 2 atom stereocenters. The summed E-state index contributed by atoms with van der Waals surface area (Å²) in [5.74, 6) is 0.241. The SMILES string of the molecule is Cc1cscc1-c1ccnc([C@H]2CC[C@@]3(CCN(C)C3=O)N2)c1.Cl. The van der Waals surface area contributed by atoms with Gasteiger partial charge in [0.2, 0.25) is 5.91 Å². The van der Waals surface area contributed by atoms with E-state index in [0.717, 1.165) is 31.5 Å². The molecular weight excluding hydrogens is 342 g/mol. The number of likely N-dealkylation sites (N-methyl/N-ethyl adjacent to an activating group) is 1. The van der Waals surface area contributed by atoms with Gasteiger partial charge >= 0.3 is 0 Å². The number of nitrogens with one attached hydrogen (secondary N) is 1. The Morgan fingerprint density at radius 3 is 2.88 bits per heavy atom. The summed E-state index contributed by atoms with van der Waals surface area (Å²) >= 11 is 1.73. The highest BCUT2D eigenvalue weighted by Crippen LogP contribution is 2.39. The molecule has 2 aromatic rings. The Hall–Kier alpha value is -1.43. The number of thiophene rings is 1. The maximum absolute atomic E-state index is 12.4. The number of pyridine rings is 1. The van der Waals surface area contributed by atoms with Crippen molar-refractivity contribution in [3.63, 3.8) is 0 Å². The number of carbonyl (C=O) groups is 1. The lowest BCUT2D eigenvalue weighted by atomic mass is 9.96. The van der Waals surface area contributed by atoms with Gasteiger partial charge in [-0.15, -0.1) is 12.4 Å². The minimum absolute atomic E-state index is 0. The summed E-state index contributed by atoms with van der Waals surface area (Å²) in [5.41, 5.74) is 4.49. The third kappa shape index (κ3) is 2.75. The smallest absolute Gasteiger partial charge is 0.242 e. The van der Waals surface area contributed by atoms with Crippen LogP contribution in [0.3, 0.4) is 0 Å². The normalized spacial score (nSPS) is 26.2. The number of aryl methyl sites for hydroxylation is 1. The van der Waals surface area contributed by atoms with Gasteiger partial charge in [0.1, 0.15) is 5.54 Å². The van der Waals surface area contributed by atoms with Crippen molar-refractivity contribution < 1.29 is 4.79 Å². The first kappa shape index (κ1) is 17.4. The van der Waals surface area contributed by atoms with Crippen LogP contribution in [0.25, 0.3) is 11.1 Å². The summed E-state index contributed by atoms with van der Waals surface area (Å²) in [6.45, 7) is 2.99. The molecule has 2 aliphatic heterocycles. The third-order valence-corrected chi connectivity index (χ3v) is 6.11. The van der Waals surface area contributed by atoms with Crippen molar-refractivity contribution >= 4 is 29.7 Å². The molecule has 0 bridgehead atoms. The van der Waals surface area contributed by atoms with Crippen molar-refractivity contribution in [1.82, 2.24) is 15.2 Å². The van der Waals surface area contributed by atoms with E-state index < -0.39 is 0 Å². The second-order valence-electron chi connectivity index (χ2n) is 6.73. The van der Waals surface area contributed by atoms with E-state index in [1.807, 2.05) is 18.1 Å². The van der Waals surface area contributed by atoms with Gasteiger partial charge in [-0.2, -0.15) is 11.3 Å². The molecule has 128 valence electrons. The lowest BCUT2D eigenvalue weighted by Gasteiger charge is -2.23. The molecule has 2 aromatic heterocycles. The Kier molecular flexibility index (Phi) is 4.69. The molecule has 24 heavy (non-hydrogen) atoms. The Morgan fingerprint density at radius 1 is 1.38 bits per heavy atom. The van der Waals surface area contributed by atoms with Crippen molar-refractivity contribution in [3.05, 3.63) is 40.3 Å². The average molecular weight is 364 g/mol. The molecular formula is C18H22ClN3OS. The molecule has 2 saturated heterocycles. The van der Waals surface area contributed by atoms with Gasteiger partial charge in [0.05, 0.1) is 11.7 Å². The van der Waals surface area contributed by atoms with Gasteiger partial charge in [0.15, 0.2) is 0 Å². The van der Waals surface area contributed by atoms with Gasteiger partial charge in [0.25, 0.3) is 0 Å². The third-order valence-electron chi connectivity index (χ3n) is 5.25. The van der Waals surface area contributed by atoms with Crippen molar-refractivity contribution in [2.24, 2.45) is 0 Å². The zero-order valence-electron chi connectivity index (χ0n) is 13.9. The van der Waals surface area contributed by atoms with Crippen molar-refractivity contribution in [1.29, 1.82) is 0 Å². The Labute approximate surface area is 152 Å². The number of amides is 1.